The van der Waals surface area contributed by atoms with Gasteiger partial charge in [-0.15, -0.1) is 12.4 Å². The molecule has 0 saturated heterocycles. The molecule has 1 aliphatic rings. The van der Waals surface area contributed by atoms with Crippen molar-refractivity contribution in [3.05, 3.63) is 35.4 Å². The summed E-state index contributed by atoms with van der Waals surface area (Å²) in [5.74, 6) is 0. The Hall–Kier alpha value is -0.740. The van der Waals surface area contributed by atoms with E-state index in [2.05, 4.69) is 5.32 Å². The van der Waals surface area contributed by atoms with Crippen molar-refractivity contribution in [3.8, 4) is 0 Å². The van der Waals surface area contributed by atoms with Gasteiger partial charge in [-0.1, -0.05) is 12.1 Å². The minimum atomic E-state index is -4.23. The number of hydrogen-bond donors (Lipinski definition) is 1. The van der Waals surface area contributed by atoms with Crippen molar-refractivity contribution in [1.29, 1.82) is 0 Å². The summed E-state index contributed by atoms with van der Waals surface area (Å²) in [5.41, 5.74) is 0.313. The Kier molecular flexibility index (Phi) is 4.21. The monoisotopic (exact) mass is 251 g/mol. The van der Waals surface area contributed by atoms with Gasteiger partial charge in [-0.2, -0.15) is 13.2 Å². The molecule has 1 saturated carbocycles. The van der Waals surface area contributed by atoms with E-state index in [1.165, 1.54) is 25.0 Å². The highest BCUT2D eigenvalue weighted by molar-refractivity contribution is 5.85. The molecule has 0 atom stereocenters. The van der Waals surface area contributed by atoms with Crippen LogP contribution in [0.15, 0.2) is 24.3 Å². The van der Waals surface area contributed by atoms with E-state index in [4.69, 9.17) is 0 Å². The summed E-state index contributed by atoms with van der Waals surface area (Å²) >= 11 is 0. The number of alkyl halides is 3. The lowest BCUT2D eigenvalue weighted by Gasteiger charge is -2.07. The van der Waals surface area contributed by atoms with Crippen molar-refractivity contribution in [3.63, 3.8) is 0 Å². The van der Waals surface area contributed by atoms with Crippen LogP contribution in [0.4, 0.5) is 13.2 Å². The fraction of sp³-hybridized carbons (Fsp3) is 0.455. The first kappa shape index (κ1) is 13.3. The van der Waals surface area contributed by atoms with Gasteiger partial charge in [0, 0.05) is 12.6 Å². The molecule has 2 rings (SSSR count). The zero-order valence-corrected chi connectivity index (χ0v) is 9.37. The Bertz CT molecular complexity index is 330. The molecule has 0 bridgehead atoms. The highest BCUT2D eigenvalue weighted by Gasteiger charge is 2.29. The lowest BCUT2D eigenvalue weighted by Crippen LogP contribution is -2.15. The average molecular weight is 252 g/mol. The molecule has 16 heavy (non-hydrogen) atoms. The van der Waals surface area contributed by atoms with E-state index in [9.17, 15) is 13.2 Å². The summed E-state index contributed by atoms with van der Waals surface area (Å²) in [5, 5.41) is 3.25. The minimum absolute atomic E-state index is 0. The summed E-state index contributed by atoms with van der Waals surface area (Å²) in [7, 11) is 0. The maximum absolute atomic E-state index is 12.2. The molecule has 90 valence electrons. The largest absolute Gasteiger partial charge is 0.416 e. The maximum Gasteiger partial charge on any atom is 0.416 e. The Labute approximate surface area is 98.4 Å². The van der Waals surface area contributed by atoms with Crippen LogP contribution >= 0.6 is 12.4 Å². The van der Waals surface area contributed by atoms with Gasteiger partial charge < -0.3 is 5.32 Å². The molecule has 1 N–H and O–H groups in total. The van der Waals surface area contributed by atoms with Gasteiger partial charge in [0.1, 0.15) is 0 Å². The summed E-state index contributed by atoms with van der Waals surface area (Å²) in [6.45, 7) is 0.656. The van der Waals surface area contributed by atoms with Crippen molar-refractivity contribution in [2.75, 3.05) is 0 Å². The third-order valence-corrected chi connectivity index (χ3v) is 2.45. The first-order chi connectivity index (χ1) is 7.05. The second-order valence-electron chi connectivity index (χ2n) is 3.85. The molecule has 1 nitrogen and oxygen atoms in total. The summed E-state index contributed by atoms with van der Waals surface area (Å²) in [4.78, 5) is 0. The highest BCUT2D eigenvalue weighted by atomic mass is 35.5. The van der Waals surface area contributed by atoms with Crippen LogP contribution in [0, 0.1) is 0 Å². The molecule has 0 heterocycles. The van der Waals surface area contributed by atoms with Gasteiger partial charge in [0.2, 0.25) is 0 Å². The van der Waals surface area contributed by atoms with Crippen LogP contribution in [-0.2, 0) is 12.7 Å². The molecular weight excluding hydrogens is 239 g/mol. The third kappa shape index (κ3) is 3.68. The third-order valence-electron chi connectivity index (χ3n) is 2.45. The van der Waals surface area contributed by atoms with E-state index >= 15 is 0 Å². The number of nitrogens with one attached hydrogen (secondary N) is 1. The van der Waals surface area contributed by atoms with E-state index in [1.807, 2.05) is 0 Å². The van der Waals surface area contributed by atoms with E-state index < -0.39 is 11.7 Å². The van der Waals surface area contributed by atoms with Gasteiger partial charge in [-0.3, -0.25) is 0 Å². The Balaban J connectivity index is 0.00000128. The first-order valence-corrected chi connectivity index (χ1v) is 4.95. The standard InChI is InChI=1S/C11H12F3N.ClH/c12-11(13,14)9-3-1-8(2-4-9)7-15-10-5-6-10;/h1-4,10,15H,5-7H2;1H. The Morgan fingerprint density at radius 1 is 1.12 bits per heavy atom. The fourth-order valence-electron chi connectivity index (χ4n) is 1.36. The van der Waals surface area contributed by atoms with Crippen LogP contribution in [0.5, 0.6) is 0 Å². The molecular formula is C11H13ClF3N. The van der Waals surface area contributed by atoms with E-state index in [-0.39, 0.29) is 12.4 Å². The van der Waals surface area contributed by atoms with Crippen LogP contribution < -0.4 is 5.32 Å². The molecule has 1 aromatic carbocycles. The molecule has 0 radical (unpaired) electrons. The predicted octanol–water partition coefficient (Wildman–Crippen LogP) is 3.38. The SMILES string of the molecule is Cl.FC(F)(F)c1ccc(CNC2CC2)cc1. The van der Waals surface area contributed by atoms with Crippen molar-refractivity contribution < 1.29 is 13.2 Å². The van der Waals surface area contributed by atoms with E-state index in [0.717, 1.165) is 17.7 Å². The summed E-state index contributed by atoms with van der Waals surface area (Å²) < 4.78 is 36.7. The first-order valence-electron chi connectivity index (χ1n) is 4.95. The topological polar surface area (TPSA) is 12.0 Å². The highest BCUT2D eigenvalue weighted by Crippen LogP contribution is 2.29. The van der Waals surface area contributed by atoms with Gasteiger partial charge in [-0.05, 0) is 30.5 Å². The normalized spacial score (nSPS) is 15.7. The quantitative estimate of drug-likeness (QED) is 0.868. The summed E-state index contributed by atoms with van der Waals surface area (Å²) in [6.07, 6.45) is -1.87. The maximum atomic E-state index is 12.2. The number of benzene rings is 1. The van der Waals surface area contributed by atoms with Crippen LogP contribution in [0.25, 0.3) is 0 Å². The molecule has 1 fully saturated rings. The molecule has 0 unspecified atom stereocenters. The van der Waals surface area contributed by atoms with Crippen molar-refractivity contribution in [1.82, 2.24) is 5.32 Å². The zero-order valence-electron chi connectivity index (χ0n) is 8.55. The van der Waals surface area contributed by atoms with E-state index in [0.29, 0.717) is 12.6 Å². The fourth-order valence-corrected chi connectivity index (χ4v) is 1.36. The lowest BCUT2D eigenvalue weighted by atomic mass is 10.1. The molecule has 0 spiro atoms. The molecule has 1 aliphatic carbocycles. The van der Waals surface area contributed by atoms with Crippen LogP contribution in [0.2, 0.25) is 0 Å². The summed E-state index contributed by atoms with van der Waals surface area (Å²) in [6, 6.07) is 5.89. The van der Waals surface area contributed by atoms with Crippen LogP contribution in [0.3, 0.4) is 0 Å². The van der Waals surface area contributed by atoms with Crippen LogP contribution in [0.1, 0.15) is 24.0 Å². The Morgan fingerprint density at radius 2 is 1.69 bits per heavy atom. The van der Waals surface area contributed by atoms with E-state index in [1.54, 1.807) is 0 Å². The molecule has 1 aromatic rings. The van der Waals surface area contributed by atoms with Crippen molar-refractivity contribution >= 4 is 12.4 Å². The van der Waals surface area contributed by atoms with Gasteiger partial charge in [0.15, 0.2) is 0 Å². The smallest absolute Gasteiger partial charge is 0.310 e. The van der Waals surface area contributed by atoms with Gasteiger partial charge in [0.05, 0.1) is 5.56 Å². The van der Waals surface area contributed by atoms with Crippen molar-refractivity contribution in [2.45, 2.75) is 31.6 Å². The van der Waals surface area contributed by atoms with Crippen LogP contribution in [-0.4, -0.2) is 6.04 Å². The molecule has 5 heteroatoms. The van der Waals surface area contributed by atoms with Gasteiger partial charge in [-0.25, -0.2) is 0 Å². The molecule has 0 aliphatic heterocycles. The number of rotatable bonds is 3. The zero-order chi connectivity index (χ0) is 10.9. The minimum Gasteiger partial charge on any atom is -0.310 e. The molecule has 0 aromatic heterocycles. The average Bonchev–Trinajstić information content (AvgIpc) is 2.97. The predicted molar refractivity (Wildman–Crippen MR) is 58.6 cm³/mol. The lowest BCUT2D eigenvalue weighted by molar-refractivity contribution is -0.137. The molecule has 0 amide bonds. The van der Waals surface area contributed by atoms with Crippen molar-refractivity contribution in [2.24, 2.45) is 0 Å². The second kappa shape index (κ2) is 5.06. The number of hydrogen-bond acceptors (Lipinski definition) is 1. The second-order valence-corrected chi connectivity index (χ2v) is 3.85. The van der Waals surface area contributed by atoms with Gasteiger partial charge >= 0.3 is 6.18 Å². The Morgan fingerprint density at radius 3 is 2.12 bits per heavy atom. The van der Waals surface area contributed by atoms with Gasteiger partial charge in [0.25, 0.3) is 0 Å². The number of halogens is 4.